The zero-order chi connectivity index (χ0) is 17.4. The van der Waals surface area contributed by atoms with Crippen LogP contribution in [0.5, 0.6) is 0 Å². The number of anilines is 1. The molecule has 2 N–H and O–H groups in total. The van der Waals surface area contributed by atoms with Crippen molar-refractivity contribution in [2.45, 2.75) is 25.2 Å². The monoisotopic (exact) mass is 368 g/mol. The lowest BCUT2D eigenvalue weighted by Gasteiger charge is -2.42. The van der Waals surface area contributed by atoms with Crippen LogP contribution in [0.3, 0.4) is 0 Å². The average Bonchev–Trinajstić information content (AvgIpc) is 3.05. The lowest BCUT2D eigenvalue weighted by Crippen LogP contribution is -2.67. The zero-order valence-electron chi connectivity index (χ0n) is 13.4. The number of halogens is 2. The third-order valence-corrected chi connectivity index (χ3v) is 5.60. The van der Waals surface area contributed by atoms with Crippen LogP contribution in [0.2, 0.25) is 0 Å². The second-order valence-corrected chi connectivity index (χ2v) is 7.15. The first kappa shape index (κ1) is 16.6. The number of nitrogens with one attached hydrogen (secondary N) is 2. The van der Waals surface area contributed by atoms with Crippen molar-refractivity contribution in [1.82, 2.24) is 25.5 Å². The number of carbonyl (C=O) groups excluding carboxylic acids is 1. The molecule has 2 aliphatic rings. The van der Waals surface area contributed by atoms with Crippen LogP contribution in [-0.4, -0.2) is 65.7 Å². The highest BCUT2D eigenvalue weighted by atomic mass is 32.1. The number of piperazine rings is 1. The van der Waals surface area contributed by atoms with Crippen LogP contribution in [-0.2, 0) is 4.79 Å². The second-order valence-electron chi connectivity index (χ2n) is 6.14. The summed E-state index contributed by atoms with van der Waals surface area (Å²) in [6, 6.07) is 0.854. The number of fused-ring (bicyclic) bond motifs is 1. The van der Waals surface area contributed by atoms with Crippen molar-refractivity contribution in [1.29, 1.82) is 0 Å². The fraction of sp³-hybridized carbons (Fsp3) is 0.533. The number of hydrogen-bond acceptors (Lipinski definition) is 7. The Labute approximate surface area is 147 Å². The van der Waals surface area contributed by atoms with Gasteiger partial charge in [-0.25, -0.2) is 13.8 Å². The molecule has 4 heterocycles. The molecule has 2 fully saturated rings. The maximum absolute atomic E-state index is 12.9. The van der Waals surface area contributed by atoms with Gasteiger partial charge in [-0.3, -0.25) is 20.0 Å². The molecule has 1 amide bonds. The Morgan fingerprint density at radius 3 is 2.80 bits per heavy atom. The van der Waals surface area contributed by atoms with Gasteiger partial charge in [-0.05, 0) is 6.07 Å². The number of carbonyl (C=O) groups is 1. The molecule has 0 bridgehead atoms. The molecule has 4 rings (SSSR count). The first-order valence-electron chi connectivity index (χ1n) is 8.13. The van der Waals surface area contributed by atoms with Crippen molar-refractivity contribution in [3.63, 3.8) is 0 Å². The highest BCUT2D eigenvalue weighted by molar-refractivity contribution is 7.22. The van der Waals surface area contributed by atoms with E-state index in [9.17, 15) is 13.6 Å². The highest BCUT2D eigenvalue weighted by Crippen LogP contribution is 2.28. The van der Waals surface area contributed by atoms with Gasteiger partial charge in [-0.15, -0.1) is 0 Å². The largest absolute Gasteiger partial charge is 0.345 e. The number of alkyl halides is 2. The Morgan fingerprint density at radius 2 is 2.08 bits per heavy atom. The standard InChI is InChI=1S/C15H18F2N6OS/c16-13(17)9-7-12(24)21-14(19-9)22-3-5-23(6-4-22)15-20-10-8-18-2-1-11(10)25-15/h1-2,8-9,13-14,19H,3-7H2,(H,21,24). The molecule has 2 atom stereocenters. The third kappa shape index (κ3) is 3.42. The number of rotatable bonds is 3. The molecule has 2 saturated heterocycles. The first-order valence-corrected chi connectivity index (χ1v) is 8.95. The molecule has 0 spiro atoms. The maximum Gasteiger partial charge on any atom is 0.254 e. The van der Waals surface area contributed by atoms with Gasteiger partial charge < -0.3 is 10.2 Å². The lowest BCUT2D eigenvalue weighted by atomic mass is 10.1. The fourth-order valence-corrected chi connectivity index (χ4v) is 4.13. The summed E-state index contributed by atoms with van der Waals surface area (Å²) in [4.78, 5) is 24.5. The van der Waals surface area contributed by atoms with E-state index in [-0.39, 0.29) is 12.3 Å². The summed E-state index contributed by atoms with van der Waals surface area (Å²) in [5.74, 6) is -0.338. The molecule has 0 radical (unpaired) electrons. The minimum atomic E-state index is -2.55. The Bertz CT molecular complexity index is 730. The molecule has 0 aliphatic carbocycles. The van der Waals surface area contributed by atoms with Gasteiger partial charge in [0.1, 0.15) is 11.8 Å². The number of pyridine rings is 1. The lowest BCUT2D eigenvalue weighted by molar-refractivity contribution is -0.129. The van der Waals surface area contributed by atoms with Crippen LogP contribution < -0.4 is 15.5 Å². The minimum Gasteiger partial charge on any atom is -0.345 e. The highest BCUT2D eigenvalue weighted by Gasteiger charge is 2.35. The number of nitrogens with zero attached hydrogens (tertiary/aromatic N) is 4. The number of amides is 1. The molecule has 0 saturated carbocycles. The molecule has 10 heteroatoms. The molecule has 2 aromatic heterocycles. The topological polar surface area (TPSA) is 73.4 Å². The van der Waals surface area contributed by atoms with E-state index in [4.69, 9.17) is 0 Å². The van der Waals surface area contributed by atoms with Crippen LogP contribution in [0.15, 0.2) is 18.5 Å². The van der Waals surface area contributed by atoms with Gasteiger partial charge in [0.2, 0.25) is 5.91 Å². The van der Waals surface area contributed by atoms with Gasteiger partial charge in [0, 0.05) is 38.8 Å². The number of hydrogen-bond donors (Lipinski definition) is 2. The molecule has 2 aliphatic heterocycles. The summed E-state index contributed by atoms with van der Waals surface area (Å²) >= 11 is 1.62. The average molecular weight is 368 g/mol. The molecule has 0 aromatic carbocycles. The van der Waals surface area contributed by atoms with Gasteiger partial charge in [-0.2, -0.15) is 0 Å². The molecular formula is C15H18F2N6OS. The van der Waals surface area contributed by atoms with Crippen LogP contribution in [0.1, 0.15) is 6.42 Å². The van der Waals surface area contributed by atoms with Crippen LogP contribution >= 0.6 is 11.3 Å². The SMILES string of the molecule is O=C1CC(C(F)F)NC(N2CCN(c3nc4cnccc4s3)CC2)N1. The van der Waals surface area contributed by atoms with Crippen molar-refractivity contribution in [3.8, 4) is 0 Å². The Morgan fingerprint density at radius 1 is 1.28 bits per heavy atom. The van der Waals surface area contributed by atoms with Crippen molar-refractivity contribution < 1.29 is 13.6 Å². The fourth-order valence-electron chi connectivity index (χ4n) is 3.15. The third-order valence-electron chi connectivity index (χ3n) is 4.51. The quantitative estimate of drug-likeness (QED) is 0.837. The van der Waals surface area contributed by atoms with E-state index >= 15 is 0 Å². The summed E-state index contributed by atoms with van der Waals surface area (Å²) < 4.78 is 27.0. The first-order chi connectivity index (χ1) is 12.1. The summed E-state index contributed by atoms with van der Waals surface area (Å²) in [5, 5.41) is 6.52. The van der Waals surface area contributed by atoms with Crippen molar-refractivity contribution in [2.24, 2.45) is 0 Å². The summed E-state index contributed by atoms with van der Waals surface area (Å²) in [7, 11) is 0. The molecular weight excluding hydrogens is 350 g/mol. The van der Waals surface area contributed by atoms with Crippen molar-refractivity contribution in [3.05, 3.63) is 18.5 Å². The Balaban J connectivity index is 1.40. The number of thiazole rings is 1. The van der Waals surface area contributed by atoms with E-state index in [0.717, 1.165) is 28.4 Å². The van der Waals surface area contributed by atoms with Crippen LogP contribution in [0.4, 0.5) is 13.9 Å². The summed E-state index contributed by atoms with van der Waals surface area (Å²) in [5.41, 5.74) is 0.880. The molecule has 2 aromatic rings. The van der Waals surface area contributed by atoms with E-state index in [1.165, 1.54) is 0 Å². The van der Waals surface area contributed by atoms with E-state index in [1.807, 2.05) is 11.0 Å². The van der Waals surface area contributed by atoms with E-state index in [1.54, 1.807) is 23.7 Å². The van der Waals surface area contributed by atoms with Crippen molar-refractivity contribution in [2.75, 3.05) is 31.1 Å². The predicted octanol–water partition coefficient (Wildman–Crippen LogP) is 0.840. The van der Waals surface area contributed by atoms with Crippen LogP contribution in [0.25, 0.3) is 10.2 Å². The van der Waals surface area contributed by atoms with E-state index < -0.39 is 18.8 Å². The smallest absolute Gasteiger partial charge is 0.254 e. The molecule has 25 heavy (non-hydrogen) atoms. The van der Waals surface area contributed by atoms with Crippen LogP contribution in [0, 0.1) is 0 Å². The summed E-state index contributed by atoms with van der Waals surface area (Å²) in [6.45, 7) is 2.76. The van der Waals surface area contributed by atoms with E-state index in [2.05, 4.69) is 25.5 Å². The molecule has 134 valence electrons. The minimum absolute atomic E-state index is 0.187. The Hall–Kier alpha value is -1.91. The Kier molecular flexibility index (Phi) is 4.48. The van der Waals surface area contributed by atoms with Gasteiger partial charge in [0.15, 0.2) is 5.13 Å². The van der Waals surface area contributed by atoms with Gasteiger partial charge >= 0.3 is 0 Å². The molecule has 7 nitrogen and oxygen atoms in total. The van der Waals surface area contributed by atoms with Gasteiger partial charge in [-0.1, -0.05) is 11.3 Å². The molecule has 2 unspecified atom stereocenters. The predicted molar refractivity (Wildman–Crippen MR) is 90.7 cm³/mol. The van der Waals surface area contributed by atoms with Crippen molar-refractivity contribution >= 4 is 32.6 Å². The van der Waals surface area contributed by atoms with Gasteiger partial charge in [0.05, 0.1) is 16.9 Å². The second kappa shape index (κ2) is 6.77. The normalized spacial score (nSPS) is 25.6. The van der Waals surface area contributed by atoms with Gasteiger partial charge in [0.25, 0.3) is 6.43 Å². The number of aromatic nitrogens is 2. The summed E-state index contributed by atoms with van der Waals surface area (Å²) in [6.07, 6.45) is 0.220. The maximum atomic E-state index is 12.9. The van der Waals surface area contributed by atoms with E-state index in [0.29, 0.717) is 13.1 Å². The zero-order valence-corrected chi connectivity index (χ0v) is 14.2.